The molecule has 0 spiro atoms. The van der Waals surface area contributed by atoms with Gasteiger partial charge in [-0.05, 0) is 31.2 Å². The van der Waals surface area contributed by atoms with Gasteiger partial charge >= 0.3 is 5.97 Å². The summed E-state index contributed by atoms with van der Waals surface area (Å²) in [5.41, 5.74) is 0.611. The molecule has 0 saturated carbocycles. The minimum Gasteiger partial charge on any atom is -0.486 e. The summed E-state index contributed by atoms with van der Waals surface area (Å²) in [5, 5.41) is 10.3. The number of hydrogen-bond acceptors (Lipinski definition) is 5. The number of carbonyl (C=O) groups is 2. The van der Waals surface area contributed by atoms with Crippen molar-refractivity contribution in [2.45, 2.75) is 20.5 Å². The molecule has 1 N–H and O–H groups in total. The van der Waals surface area contributed by atoms with E-state index in [1.807, 2.05) is 0 Å². The quantitative estimate of drug-likeness (QED) is 0.793. The number of carbonyl (C=O) groups excluding carboxylic acids is 1. The summed E-state index contributed by atoms with van der Waals surface area (Å²) in [5.74, 6) is -1.13. The Kier molecular flexibility index (Phi) is 6.39. The van der Waals surface area contributed by atoms with Gasteiger partial charge in [0.15, 0.2) is 0 Å². The lowest BCUT2D eigenvalue weighted by molar-refractivity contribution is -0.141. The van der Waals surface area contributed by atoms with Crippen LogP contribution in [0.1, 0.15) is 27.3 Å². The fourth-order valence-electron chi connectivity index (χ4n) is 2.13. The number of nitrogens with zero attached hydrogens (tertiary/aromatic N) is 2. The summed E-state index contributed by atoms with van der Waals surface area (Å²) >= 11 is 7.08. The highest BCUT2D eigenvalue weighted by molar-refractivity contribution is 7.13. The molecule has 2 aromatic rings. The lowest BCUT2D eigenvalue weighted by Crippen LogP contribution is -2.33. The van der Waals surface area contributed by atoms with Crippen LogP contribution in [0.4, 0.5) is 0 Å². The first-order chi connectivity index (χ1) is 11.8. The van der Waals surface area contributed by atoms with Crippen molar-refractivity contribution in [1.29, 1.82) is 0 Å². The van der Waals surface area contributed by atoms with Crippen LogP contribution in [0, 0.1) is 12.8 Å². The standard InChI is InChI=1S/C17H19ClN2O4S/c1-10(17(22)23)8-20(3)16(21)15-11(2)19-14(25-15)9-24-13-6-4-12(18)5-7-13/h4-7,10H,8-9H2,1-3H3,(H,22,23). The molecule has 25 heavy (non-hydrogen) atoms. The van der Waals surface area contributed by atoms with Crippen LogP contribution in [0.25, 0.3) is 0 Å². The van der Waals surface area contributed by atoms with Crippen LogP contribution in [0.2, 0.25) is 5.02 Å². The Morgan fingerprint density at radius 3 is 2.60 bits per heavy atom. The van der Waals surface area contributed by atoms with E-state index in [-0.39, 0.29) is 19.1 Å². The van der Waals surface area contributed by atoms with Gasteiger partial charge in [0.2, 0.25) is 0 Å². The molecular formula is C17H19ClN2O4S. The van der Waals surface area contributed by atoms with E-state index < -0.39 is 11.9 Å². The number of halogens is 1. The van der Waals surface area contributed by atoms with Crippen molar-refractivity contribution in [3.05, 3.63) is 44.9 Å². The molecule has 1 unspecified atom stereocenters. The normalized spacial score (nSPS) is 11.8. The molecule has 0 saturated heterocycles. The number of aryl methyl sites for hydroxylation is 1. The van der Waals surface area contributed by atoms with E-state index in [9.17, 15) is 9.59 Å². The smallest absolute Gasteiger partial charge is 0.308 e. The Hall–Kier alpha value is -2.12. The van der Waals surface area contributed by atoms with Crippen molar-refractivity contribution in [2.75, 3.05) is 13.6 Å². The predicted molar refractivity (Wildman–Crippen MR) is 96.4 cm³/mol. The number of thiazole rings is 1. The van der Waals surface area contributed by atoms with Crippen molar-refractivity contribution in [3.63, 3.8) is 0 Å². The van der Waals surface area contributed by atoms with E-state index in [0.29, 0.717) is 26.4 Å². The molecule has 1 aromatic heterocycles. The summed E-state index contributed by atoms with van der Waals surface area (Å²) in [6, 6.07) is 6.99. The van der Waals surface area contributed by atoms with Gasteiger partial charge < -0.3 is 14.7 Å². The Morgan fingerprint density at radius 2 is 2.00 bits per heavy atom. The zero-order valence-electron chi connectivity index (χ0n) is 14.2. The molecule has 0 aliphatic heterocycles. The maximum absolute atomic E-state index is 12.5. The van der Waals surface area contributed by atoms with Crippen LogP contribution in [-0.2, 0) is 11.4 Å². The molecule has 1 heterocycles. The maximum atomic E-state index is 12.5. The summed E-state index contributed by atoms with van der Waals surface area (Å²) in [6.07, 6.45) is 0. The number of rotatable bonds is 7. The second-order valence-electron chi connectivity index (χ2n) is 5.69. The van der Waals surface area contributed by atoms with E-state index in [0.717, 1.165) is 0 Å². The Bertz CT molecular complexity index is 761. The van der Waals surface area contributed by atoms with Gasteiger partial charge in [-0.1, -0.05) is 18.5 Å². The third-order valence-electron chi connectivity index (χ3n) is 3.53. The SMILES string of the molecule is Cc1nc(COc2ccc(Cl)cc2)sc1C(=O)N(C)CC(C)C(=O)O. The second kappa shape index (κ2) is 8.31. The summed E-state index contributed by atoms with van der Waals surface area (Å²) in [4.78, 5) is 29.7. The Balaban J connectivity index is 2.02. The fourth-order valence-corrected chi connectivity index (χ4v) is 3.23. The molecule has 0 fully saturated rings. The largest absolute Gasteiger partial charge is 0.486 e. The van der Waals surface area contributed by atoms with Crippen molar-refractivity contribution in [2.24, 2.45) is 5.92 Å². The minimum absolute atomic E-state index is 0.141. The third kappa shape index (κ3) is 5.17. The highest BCUT2D eigenvalue weighted by Crippen LogP contribution is 2.22. The van der Waals surface area contributed by atoms with Crippen LogP contribution < -0.4 is 4.74 Å². The molecule has 0 aliphatic rings. The minimum atomic E-state index is -0.933. The summed E-state index contributed by atoms with van der Waals surface area (Å²) < 4.78 is 5.64. The average molecular weight is 383 g/mol. The van der Waals surface area contributed by atoms with Crippen LogP contribution in [0.15, 0.2) is 24.3 Å². The molecular weight excluding hydrogens is 364 g/mol. The molecule has 1 atom stereocenters. The highest BCUT2D eigenvalue weighted by atomic mass is 35.5. The first kappa shape index (κ1) is 19.2. The lowest BCUT2D eigenvalue weighted by Gasteiger charge is -2.18. The molecule has 8 heteroatoms. The first-order valence-electron chi connectivity index (χ1n) is 7.61. The highest BCUT2D eigenvalue weighted by Gasteiger charge is 2.22. The van der Waals surface area contributed by atoms with Crippen molar-refractivity contribution in [1.82, 2.24) is 9.88 Å². The van der Waals surface area contributed by atoms with E-state index >= 15 is 0 Å². The van der Waals surface area contributed by atoms with Gasteiger partial charge in [-0.15, -0.1) is 11.3 Å². The van der Waals surface area contributed by atoms with Gasteiger partial charge in [-0.3, -0.25) is 9.59 Å². The molecule has 0 aliphatic carbocycles. The molecule has 0 bridgehead atoms. The number of hydrogen-bond donors (Lipinski definition) is 1. The van der Waals surface area contributed by atoms with E-state index in [2.05, 4.69) is 4.98 Å². The van der Waals surface area contributed by atoms with Gasteiger partial charge in [0.1, 0.15) is 22.2 Å². The number of ether oxygens (including phenoxy) is 1. The van der Waals surface area contributed by atoms with Crippen LogP contribution >= 0.6 is 22.9 Å². The number of carboxylic acid groups (broad SMARTS) is 1. The number of aromatic nitrogens is 1. The number of carboxylic acids is 1. The third-order valence-corrected chi connectivity index (χ3v) is 4.90. The monoisotopic (exact) mass is 382 g/mol. The predicted octanol–water partition coefficient (Wildman–Crippen LogP) is 3.48. The summed E-state index contributed by atoms with van der Waals surface area (Å²) in [7, 11) is 1.59. The topological polar surface area (TPSA) is 79.7 Å². The second-order valence-corrected chi connectivity index (χ2v) is 7.21. The Morgan fingerprint density at radius 1 is 1.36 bits per heavy atom. The lowest BCUT2D eigenvalue weighted by atomic mass is 10.2. The van der Waals surface area contributed by atoms with E-state index in [4.69, 9.17) is 21.4 Å². The van der Waals surface area contributed by atoms with Crippen LogP contribution in [0.5, 0.6) is 5.75 Å². The van der Waals surface area contributed by atoms with Gasteiger partial charge in [0, 0.05) is 18.6 Å². The van der Waals surface area contributed by atoms with Gasteiger partial charge in [-0.2, -0.15) is 0 Å². The van der Waals surface area contributed by atoms with Gasteiger partial charge in [-0.25, -0.2) is 4.98 Å². The maximum Gasteiger partial charge on any atom is 0.308 e. The zero-order valence-corrected chi connectivity index (χ0v) is 15.7. The van der Waals surface area contributed by atoms with Gasteiger partial charge in [0.25, 0.3) is 5.91 Å². The van der Waals surface area contributed by atoms with Crippen molar-refractivity contribution >= 4 is 34.8 Å². The van der Waals surface area contributed by atoms with Gasteiger partial charge in [0.05, 0.1) is 11.6 Å². The molecule has 0 radical (unpaired) electrons. The molecule has 1 amide bonds. The number of amides is 1. The van der Waals surface area contributed by atoms with Crippen molar-refractivity contribution in [3.8, 4) is 5.75 Å². The van der Waals surface area contributed by atoms with E-state index in [1.165, 1.54) is 16.2 Å². The molecule has 6 nitrogen and oxygen atoms in total. The Labute approximate surface area is 155 Å². The zero-order chi connectivity index (χ0) is 18.6. The summed E-state index contributed by atoms with van der Waals surface area (Å²) in [6.45, 7) is 3.71. The average Bonchev–Trinajstić information content (AvgIpc) is 2.94. The van der Waals surface area contributed by atoms with Crippen LogP contribution in [0.3, 0.4) is 0 Å². The number of benzene rings is 1. The molecule has 1 aromatic carbocycles. The van der Waals surface area contributed by atoms with E-state index in [1.54, 1.807) is 45.2 Å². The molecule has 2 rings (SSSR count). The number of aliphatic carboxylic acids is 1. The van der Waals surface area contributed by atoms with Crippen LogP contribution in [-0.4, -0.2) is 40.5 Å². The first-order valence-corrected chi connectivity index (χ1v) is 8.80. The fraction of sp³-hybridized carbons (Fsp3) is 0.353. The van der Waals surface area contributed by atoms with Crippen molar-refractivity contribution < 1.29 is 19.4 Å². The molecule has 134 valence electrons.